The molecular weight excluding hydrogens is 431 g/mol. The number of halogens is 1. The minimum absolute atomic E-state index is 0. The average Bonchev–Trinajstić information content (AvgIpc) is 3.05. The number of thiophene rings is 1. The van der Waals surface area contributed by atoms with Crippen LogP contribution in [0.2, 0.25) is 0 Å². The highest BCUT2D eigenvalue weighted by Gasteiger charge is 2.15. The second-order valence-electron chi connectivity index (χ2n) is 6.51. The van der Waals surface area contributed by atoms with E-state index in [1.807, 2.05) is 0 Å². The standard InChI is InChI=1S/C18H32N4S.HI/c1-3-19-18(21-13-17-8-12-23-15-17)20-9-4-5-10-22-11-6-7-16(2)14-22;/h8,12,15-16H,3-7,9-11,13-14H2,1-2H3,(H2,19,20,21);1H. The number of hydrogen-bond donors (Lipinski definition) is 2. The van der Waals surface area contributed by atoms with E-state index in [1.165, 1.54) is 50.9 Å². The van der Waals surface area contributed by atoms with Crippen molar-refractivity contribution < 1.29 is 0 Å². The number of aliphatic imine (C=N–C) groups is 1. The molecule has 1 aromatic heterocycles. The van der Waals surface area contributed by atoms with Crippen LogP contribution in [-0.4, -0.2) is 43.6 Å². The first kappa shape index (κ1) is 21.7. The Morgan fingerprint density at radius 1 is 1.38 bits per heavy atom. The highest BCUT2D eigenvalue weighted by molar-refractivity contribution is 14.0. The van der Waals surface area contributed by atoms with E-state index < -0.39 is 0 Å². The van der Waals surface area contributed by atoms with Crippen LogP contribution in [0.3, 0.4) is 0 Å². The lowest BCUT2D eigenvalue weighted by molar-refractivity contribution is 0.181. The van der Waals surface area contributed by atoms with E-state index in [4.69, 9.17) is 0 Å². The van der Waals surface area contributed by atoms with Crippen LogP contribution in [0.4, 0.5) is 0 Å². The topological polar surface area (TPSA) is 39.7 Å². The summed E-state index contributed by atoms with van der Waals surface area (Å²) in [6.45, 7) is 11.0. The van der Waals surface area contributed by atoms with Gasteiger partial charge in [0.1, 0.15) is 0 Å². The molecule has 1 aliphatic rings. The molecule has 2 rings (SSSR count). The summed E-state index contributed by atoms with van der Waals surface area (Å²) in [6, 6.07) is 2.14. The molecule has 2 N–H and O–H groups in total. The molecule has 0 aliphatic carbocycles. The van der Waals surface area contributed by atoms with Crippen LogP contribution >= 0.6 is 35.3 Å². The molecule has 24 heavy (non-hydrogen) atoms. The van der Waals surface area contributed by atoms with E-state index >= 15 is 0 Å². The molecule has 0 bridgehead atoms. The van der Waals surface area contributed by atoms with E-state index in [-0.39, 0.29) is 24.0 Å². The number of nitrogens with zero attached hydrogens (tertiary/aromatic N) is 2. The fourth-order valence-corrected chi connectivity index (χ4v) is 3.71. The Hall–Kier alpha value is -0.340. The minimum Gasteiger partial charge on any atom is -0.357 e. The molecule has 1 unspecified atom stereocenters. The number of guanidine groups is 1. The van der Waals surface area contributed by atoms with Crippen LogP contribution in [-0.2, 0) is 6.54 Å². The van der Waals surface area contributed by atoms with Crippen molar-refractivity contribution in [1.82, 2.24) is 15.5 Å². The Morgan fingerprint density at radius 3 is 2.96 bits per heavy atom. The zero-order valence-corrected chi connectivity index (χ0v) is 18.2. The van der Waals surface area contributed by atoms with Crippen LogP contribution in [0.25, 0.3) is 0 Å². The first-order valence-corrected chi connectivity index (χ1v) is 9.98. The molecule has 6 heteroatoms. The number of piperidine rings is 1. The van der Waals surface area contributed by atoms with Crippen molar-refractivity contribution in [3.05, 3.63) is 22.4 Å². The molecule has 0 amide bonds. The van der Waals surface area contributed by atoms with Gasteiger partial charge in [0.15, 0.2) is 5.96 Å². The first-order chi connectivity index (χ1) is 11.3. The fourth-order valence-electron chi connectivity index (χ4n) is 3.05. The Bertz CT molecular complexity index is 450. The molecule has 1 aromatic rings. The molecule has 1 saturated heterocycles. The van der Waals surface area contributed by atoms with Crippen LogP contribution in [0.15, 0.2) is 21.8 Å². The maximum Gasteiger partial charge on any atom is 0.191 e. The lowest BCUT2D eigenvalue weighted by Crippen LogP contribution is -2.38. The zero-order chi connectivity index (χ0) is 16.3. The summed E-state index contributed by atoms with van der Waals surface area (Å²) in [5.74, 6) is 1.82. The fraction of sp³-hybridized carbons (Fsp3) is 0.722. The number of nitrogens with one attached hydrogen (secondary N) is 2. The van der Waals surface area contributed by atoms with Gasteiger partial charge in [-0.1, -0.05) is 6.92 Å². The third-order valence-electron chi connectivity index (χ3n) is 4.28. The first-order valence-electron chi connectivity index (χ1n) is 9.03. The smallest absolute Gasteiger partial charge is 0.191 e. The normalized spacial score (nSPS) is 18.9. The van der Waals surface area contributed by atoms with Gasteiger partial charge in [-0.25, -0.2) is 4.99 Å². The highest BCUT2D eigenvalue weighted by atomic mass is 127. The van der Waals surface area contributed by atoms with Gasteiger partial charge in [-0.05, 0) is 74.0 Å². The van der Waals surface area contributed by atoms with Gasteiger partial charge in [-0.15, -0.1) is 24.0 Å². The molecular formula is C18H33IN4S. The van der Waals surface area contributed by atoms with Crippen molar-refractivity contribution in [2.24, 2.45) is 10.9 Å². The van der Waals surface area contributed by atoms with Gasteiger partial charge in [0.25, 0.3) is 0 Å². The minimum atomic E-state index is 0. The maximum atomic E-state index is 4.64. The van der Waals surface area contributed by atoms with E-state index in [0.29, 0.717) is 0 Å². The van der Waals surface area contributed by atoms with Crippen LogP contribution < -0.4 is 10.6 Å². The predicted molar refractivity (Wildman–Crippen MR) is 117 cm³/mol. The second-order valence-corrected chi connectivity index (χ2v) is 7.29. The lowest BCUT2D eigenvalue weighted by Gasteiger charge is -2.30. The summed E-state index contributed by atoms with van der Waals surface area (Å²) < 4.78 is 0. The van der Waals surface area contributed by atoms with Crippen molar-refractivity contribution in [1.29, 1.82) is 0 Å². The average molecular weight is 464 g/mol. The molecule has 1 fully saturated rings. The third-order valence-corrected chi connectivity index (χ3v) is 5.01. The summed E-state index contributed by atoms with van der Waals surface area (Å²) in [6.07, 6.45) is 5.25. The van der Waals surface area contributed by atoms with Crippen molar-refractivity contribution in [3.63, 3.8) is 0 Å². The zero-order valence-electron chi connectivity index (χ0n) is 15.1. The number of likely N-dealkylation sites (tertiary alicyclic amines) is 1. The predicted octanol–water partition coefficient (Wildman–Crippen LogP) is 3.93. The number of rotatable bonds is 8. The van der Waals surface area contributed by atoms with E-state index in [2.05, 4.69) is 51.2 Å². The van der Waals surface area contributed by atoms with Crippen LogP contribution in [0.1, 0.15) is 45.1 Å². The van der Waals surface area contributed by atoms with Gasteiger partial charge in [-0.3, -0.25) is 0 Å². The van der Waals surface area contributed by atoms with Crippen molar-refractivity contribution in [2.75, 3.05) is 32.7 Å². The summed E-state index contributed by atoms with van der Waals surface area (Å²) >= 11 is 1.73. The van der Waals surface area contributed by atoms with Crippen molar-refractivity contribution in [2.45, 2.75) is 46.1 Å². The van der Waals surface area contributed by atoms with Crippen molar-refractivity contribution in [3.8, 4) is 0 Å². The van der Waals surface area contributed by atoms with Gasteiger partial charge in [0.2, 0.25) is 0 Å². The highest BCUT2D eigenvalue weighted by Crippen LogP contribution is 2.15. The van der Waals surface area contributed by atoms with Gasteiger partial charge in [0, 0.05) is 19.6 Å². The molecule has 0 spiro atoms. The molecule has 1 aliphatic heterocycles. The van der Waals surface area contributed by atoms with E-state index in [9.17, 15) is 0 Å². The SMILES string of the molecule is CCNC(=NCc1ccsc1)NCCCCN1CCCC(C)C1.I. The second kappa shape index (κ2) is 12.9. The molecule has 4 nitrogen and oxygen atoms in total. The monoisotopic (exact) mass is 464 g/mol. The maximum absolute atomic E-state index is 4.64. The molecule has 2 heterocycles. The van der Waals surface area contributed by atoms with E-state index in [0.717, 1.165) is 31.5 Å². The third kappa shape index (κ3) is 8.67. The Balaban J connectivity index is 0.00000288. The van der Waals surface area contributed by atoms with Gasteiger partial charge in [-0.2, -0.15) is 11.3 Å². The largest absolute Gasteiger partial charge is 0.357 e. The lowest BCUT2D eigenvalue weighted by atomic mass is 10.0. The quantitative estimate of drug-likeness (QED) is 0.265. The summed E-state index contributed by atoms with van der Waals surface area (Å²) in [7, 11) is 0. The summed E-state index contributed by atoms with van der Waals surface area (Å²) in [5.41, 5.74) is 1.28. The molecule has 0 saturated carbocycles. The molecule has 0 radical (unpaired) electrons. The molecule has 138 valence electrons. The van der Waals surface area contributed by atoms with Crippen LogP contribution in [0.5, 0.6) is 0 Å². The van der Waals surface area contributed by atoms with Gasteiger partial charge < -0.3 is 15.5 Å². The Labute approximate surface area is 168 Å². The van der Waals surface area contributed by atoms with Gasteiger partial charge >= 0.3 is 0 Å². The number of unbranched alkanes of at least 4 members (excludes halogenated alkanes) is 1. The van der Waals surface area contributed by atoms with Crippen LogP contribution in [0, 0.1) is 5.92 Å². The summed E-state index contributed by atoms with van der Waals surface area (Å²) in [5, 5.41) is 11.0. The Kier molecular flexibility index (Phi) is 11.7. The summed E-state index contributed by atoms with van der Waals surface area (Å²) in [4.78, 5) is 7.27. The number of hydrogen-bond acceptors (Lipinski definition) is 3. The Morgan fingerprint density at radius 2 is 2.25 bits per heavy atom. The molecule has 1 atom stereocenters. The van der Waals surface area contributed by atoms with Crippen molar-refractivity contribution >= 4 is 41.3 Å². The van der Waals surface area contributed by atoms with E-state index in [1.54, 1.807) is 11.3 Å². The van der Waals surface area contributed by atoms with Gasteiger partial charge in [0.05, 0.1) is 6.54 Å². The molecule has 0 aromatic carbocycles.